The molecule has 1 atom stereocenters. The van der Waals surface area contributed by atoms with Gasteiger partial charge in [-0.15, -0.1) is 0 Å². The molecule has 2 heterocycles. The Balaban J connectivity index is 2.12. The smallest absolute Gasteiger partial charge is 0.255 e. The van der Waals surface area contributed by atoms with Crippen molar-refractivity contribution in [2.75, 3.05) is 19.7 Å². The zero-order valence-electron chi connectivity index (χ0n) is 9.07. The number of carbonyl (C=O) groups excluding carboxylic acids is 1. The number of aliphatic hydroxyl groups is 1. The minimum absolute atomic E-state index is 0.114. The maximum absolute atomic E-state index is 12.1. The highest BCUT2D eigenvalue weighted by atomic mass is 35.5. The summed E-state index contributed by atoms with van der Waals surface area (Å²) in [5.41, 5.74) is 0.429. The van der Waals surface area contributed by atoms with E-state index in [2.05, 4.69) is 4.98 Å². The van der Waals surface area contributed by atoms with Crippen molar-refractivity contribution in [3.05, 3.63) is 28.0 Å². The Bertz CT molecular complexity index is 439. The Hall–Kier alpha value is -0.840. The Labute approximate surface area is 109 Å². The molecule has 17 heavy (non-hydrogen) atoms. The summed E-state index contributed by atoms with van der Waals surface area (Å²) in [4.78, 5) is 17.6. The fourth-order valence-electron chi connectivity index (χ4n) is 1.89. The number of aliphatic hydroxyl groups excluding tert-OH is 1. The van der Waals surface area contributed by atoms with Crippen molar-refractivity contribution in [2.24, 2.45) is 5.92 Å². The van der Waals surface area contributed by atoms with Crippen LogP contribution in [-0.2, 0) is 0 Å². The van der Waals surface area contributed by atoms with Gasteiger partial charge < -0.3 is 10.0 Å². The van der Waals surface area contributed by atoms with E-state index in [4.69, 9.17) is 28.3 Å². The van der Waals surface area contributed by atoms with Crippen molar-refractivity contribution in [1.29, 1.82) is 0 Å². The van der Waals surface area contributed by atoms with Gasteiger partial charge in [0.25, 0.3) is 5.91 Å². The van der Waals surface area contributed by atoms with Gasteiger partial charge in [0.05, 0.1) is 10.6 Å². The van der Waals surface area contributed by atoms with Gasteiger partial charge in [0.2, 0.25) is 0 Å². The first-order valence-electron chi connectivity index (χ1n) is 5.33. The van der Waals surface area contributed by atoms with E-state index in [9.17, 15) is 4.79 Å². The average molecular weight is 275 g/mol. The van der Waals surface area contributed by atoms with E-state index in [1.807, 2.05) is 0 Å². The Morgan fingerprint density at radius 2 is 2.35 bits per heavy atom. The van der Waals surface area contributed by atoms with E-state index < -0.39 is 0 Å². The van der Waals surface area contributed by atoms with E-state index in [-0.39, 0.29) is 28.6 Å². The molecule has 6 heteroatoms. The number of carbonyl (C=O) groups is 1. The number of rotatable bonds is 2. The monoisotopic (exact) mass is 274 g/mol. The van der Waals surface area contributed by atoms with Gasteiger partial charge in [-0.1, -0.05) is 23.2 Å². The van der Waals surface area contributed by atoms with Crippen LogP contribution in [0.1, 0.15) is 16.8 Å². The number of nitrogens with zero attached hydrogens (tertiary/aromatic N) is 2. The lowest BCUT2D eigenvalue weighted by molar-refractivity contribution is 0.0781. The van der Waals surface area contributed by atoms with Gasteiger partial charge in [-0.3, -0.25) is 4.79 Å². The highest BCUT2D eigenvalue weighted by molar-refractivity contribution is 6.41. The molecule has 1 amide bonds. The molecule has 0 aromatic carbocycles. The van der Waals surface area contributed by atoms with Crippen LogP contribution in [-0.4, -0.2) is 40.6 Å². The Morgan fingerprint density at radius 3 is 2.94 bits per heavy atom. The van der Waals surface area contributed by atoms with E-state index >= 15 is 0 Å². The van der Waals surface area contributed by atoms with Crippen LogP contribution in [0.25, 0.3) is 0 Å². The van der Waals surface area contributed by atoms with Crippen LogP contribution in [0.4, 0.5) is 0 Å². The summed E-state index contributed by atoms with van der Waals surface area (Å²) in [7, 11) is 0. The molecule has 0 saturated carbocycles. The lowest BCUT2D eigenvalue weighted by atomic mass is 10.1. The molecule has 4 nitrogen and oxygen atoms in total. The van der Waals surface area contributed by atoms with Crippen LogP contribution in [0.3, 0.4) is 0 Å². The summed E-state index contributed by atoms with van der Waals surface area (Å²) < 4.78 is 0. The first-order valence-corrected chi connectivity index (χ1v) is 6.08. The number of pyridine rings is 1. The molecule has 0 radical (unpaired) electrons. The molecule has 1 aliphatic rings. The fraction of sp³-hybridized carbons (Fsp3) is 0.455. The summed E-state index contributed by atoms with van der Waals surface area (Å²) in [6.45, 7) is 1.35. The van der Waals surface area contributed by atoms with E-state index in [1.54, 1.807) is 4.90 Å². The second-order valence-corrected chi connectivity index (χ2v) is 4.85. The molecule has 0 bridgehead atoms. The normalized spacial score (nSPS) is 19.7. The molecule has 2 rings (SSSR count). The summed E-state index contributed by atoms with van der Waals surface area (Å²) in [5, 5.41) is 9.49. The third-order valence-electron chi connectivity index (χ3n) is 2.87. The number of hydrogen-bond acceptors (Lipinski definition) is 3. The van der Waals surface area contributed by atoms with E-state index in [1.165, 1.54) is 12.3 Å². The van der Waals surface area contributed by atoms with Crippen LogP contribution in [0.2, 0.25) is 10.2 Å². The first kappa shape index (κ1) is 12.6. The quantitative estimate of drug-likeness (QED) is 0.838. The minimum atomic E-state index is -0.119. The maximum atomic E-state index is 12.1. The number of halogens is 2. The highest BCUT2D eigenvalue weighted by Crippen LogP contribution is 2.22. The lowest BCUT2D eigenvalue weighted by Gasteiger charge is -2.16. The van der Waals surface area contributed by atoms with Gasteiger partial charge in [-0.05, 0) is 12.5 Å². The highest BCUT2D eigenvalue weighted by Gasteiger charge is 2.26. The number of likely N-dealkylation sites (tertiary alicyclic amines) is 1. The molecule has 1 aliphatic heterocycles. The van der Waals surface area contributed by atoms with Gasteiger partial charge in [0, 0.05) is 31.8 Å². The molecule has 1 unspecified atom stereocenters. The number of amides is 1. The van der Waals surface area contributed by atoms with Gasteiger partial charge >= 0.3 is 0 Å². The zero-order chi connectivity index (χ0) is 12.4. The Kier molecular flexibility index (Phi) is 3.86. The second-order valence-electron chi connectivity index (χ2n) is 4.09. The van der Waals surface area contributed by atoms with Crippen molar-refractivity contribution in [2.45, 2.75) is 6.42 Å². The van der Waals surface area contributed by atoms with Crippen molar-refractivity contribution in [1.82, 2.24) is 9.88 Å². The molecule has 1 N–H and O–H groups in total. The van der Waals surface area contributed by atoms with Crippen LogP contribution in [0.15, 0.2) is 12.3 Å². The molecule has 92 valence electrons. The van der Waals surface area contributed by atoms with Gasteiger partial charge in [-0.25, -0.2) is 4.98 Å². The van der Waals surface area contributed by atoms with E-state index in [0.29, 0.717) is 18.7 Å². The second kappa shape index (κ2) is 5.21. The summed E-state index contributed by atoms with van der Waals surface area (Å²) >= 11 is 11.5. The third kappa shape index (κ3) is 2.70. The number of hydrogen-bond donors (Lipinski definition) is 1. The third-order valence-corrected chi connectivity index (χ3v) is 3.56. The Morgan fingerprint density at radius 1 is 1.59 bits per heavy atom. The minimum Gasteiger partial charge on any atom is -0.396 e. The lowest BCUT2D eigenvalue weighted by Crippen LogP contribution is -2.29. The van der Waals surface area contributed by atoms with Crippen molar-refractivity contribution in [3.8, 4) is 0 Å². The average Bonchev–Trinajstić information content (AvgIpc) is 2.80. The summed E-state index contributed by atoms with van der Waals surface area (Å²) in [6.07, 6.45) is 2.25. The van der Waals surface area contributed by atoms with Crippen LogP contribution in [0, 0.1) is 5.92 Å². The topological polar surface area (TPSA) is 53.4 Å². The standard InChI is InChI=1S/C11H12Cl2N2O2/c12-9-3-8(4-14-10(9)13)11(17)15-2-1-7(5-15)6-16/h3-4,7,16H,1-2,5-6H2. The van der Waals surface area contributed by atoms with Gasteiger partial charge in [0.1, 0.15) is 5.15 Å². The summed E-state index contributed by atoms with van der Waals surface area (Å²) in [5.74, 6) is 0.0571. The van der Waals surface area contributed by atoms with Gasteiger partial charge in [0.15, 0.2) is 0 Å². The number of aromatic nitrogens is 1. The van der Waals surface area contributed by atoms with Crippen molar-refractivity contribution in [3.63, 3.8) is 0 Å². The predicted octanol–water partition coefficient (Wildman–Crippen LogP) is 1.84. The molecular weight excluding hydrogens is 263 g/mol. The molecule has 0 aliphatic carbocycles. The van der Waals surface area contributed by atoms with Crippen LogP contribution in [0.5, 0.6) is 0 Å². The molecule has 0 spiro atoms. The summed E-state index contributed by atoms with van der Waals surface area (Å²) in [6, 6.07) is 1.52. The molecule has 1 fully saturated rings. The molecule has 1 aromatic heterocycles. The van der Waals surface area contributed by atoms with Gasteiger partial charge in [-0.2, -0.15) is 0 Å². The largest absolute Gasteiger partial charge is 0.396 e. The zero-order valence-corrected chi connectivity index (χ0v) is 10.6. The van der Waals surface area contributed by atoms with Crippen molar-refractivity contribution >= 4 is 29.1 Å². The maximum Gasteiger partial charge on any atom is 0.255 e. The SMILES string of the molecule is O=C(c1cnc(Cl)c(Cl)c1)N1CCC(CO)C1. The molecule has 1 aromatic rings. The van der Waals surface area contributed by atoms with Crippen LogP contribution >= 0.6 is 23.2 Å². The molecule has 1 saturated heterocycles. The fourth-order valence-corrected chi connectivity index (χ4v) is 2.16. The molecular formula is C11H12Cl2N2O2. The predicted molar refractivity (Wildman–Crippen MR) is 65.4 cm³/mol. The van der Waals surface area contributed by atoms with E-state index in [0.717, 1.165) is 6.42 Å². The van der Waals surface area contributed by atoms with Crippen LogP contribution < -0.4 is 0 Å². The first-order chi connectivity index (χ1) is 8.11. The van der Waals surface area contributed by atoms with Crippen molar-refractivity contribution < 1.29 is 9.90 Å².